The third-order valence-corrected chi connectivity index (χ3v) is 2.99. The zero-order valence-electron chi connectivity index (χ0n) is 10.5. The average Bonchev–Trinajstić information content (AvgIpc) is 2.77. The number of carbonyl (C=O) groups is 1. The maximum Gasteiger partial charge on any atom is 0.271 e. The Kier molecular flexibility index (Phi) is 3.99. The molecule has 0 aliphatic carbocycles. The van der Waals surface area contributed by atoms with E-state index in [-0.39, 0.29) is 28.8 Å². The summed E-state index contributed by atoms with van der Waals surface area (Å²) in [5.74, 6) is -0.362. The highest BCUT2D eigenvalue weighted by molar-refractivity contribution is 6.33. The largest absolute Gasteiger partial charge is 0.323 e. The molecular formula is C12H11ClN4O3. The van der Waals surface area contributed by atoms with Crippen LogP contribution in [0.1, 0.15) is 5.69 Å². The number of aromatic nitrogens is 2. The van der Waals surface area contributed by atoms with Crippen molar-refractivity contribution in [3.63, 3.8) is 0 Å². The van der Waals surface area contributed by atoms with E-state index in [0.717, 1.165) is 5.69 Å². The van der Waals surface area contributed by atoms with Crippen LogP contribution in [0.5, 0.6) is 0 Å². The molecule has 0 fully saturated rings. The Morgan fingerprint density at radius 3 is 2.85 bits per heavy atom. The molecule has 1 N–H and O–H groups in total. The molecule has 7 nitrogen and oxygen atoms in total. The highest BCUT2D eigenvalue weighted by atomic mass is 35.5. The van der Waals surface area contributed by atoms with Crippen LogP contribution in [0.3, 0.4) is 0 Å². The van der Waals surface area contributed by atoms with Gasteiger partial charge >= 0.3 is 0 Å². The molecule has 2 aromatic rings. The maximum absolute atomic E-state index is 11.9. The lowest BCUT2D eigenvalue weighted by Gasteiger charge is -2.08. The molecule has 1 aromatic heterocycles. The fourth-order valence-corrected chi connectivity index (χ4v) is 1.78. The molecule has 0 aliphatic heterocycles. The molecule has 0 radical (unpaired) electrons. The minimum absolute atomic E-state index is 0.0118. The molecule has 1 amide bonds. The third kappa shape index (κ3) is 3.12. The SMILES string of the molecule is Cc1ccnn1CC(=O)Nc1cc([N+](=O)[O-])ccc1Cl. The smallest absolute Gasteiger partial charge is 0.271 e. The Hall–Kier alpha value is -2.41. The van der Waals surface area contributed by atoms with Crippen molar-refractivity contribution in [2.75, 3.05) is 5.32 Å². The van der Waals surface area contributed by atoms with Crippen LogP contribution in [0.25, 0.3) is 0 Å². The number of anilines is 1. The van der Waals surface area contributed by atoms with Crippen molar-refractivity contribution in [1.29, 1.82) is 0 Å². The first kappa shape index (κ1) is 14.0. The third-order valence-electron chi connectivity index (χ3n) is 2.66. The summed E-state index contributed by atoms with van der Waals surface area (Å²) in [6.07, 6.45) is 1.59. The summed E-state index contributed by atoms with van der Waals surface area (Å²) in [5, 5.41) is 17.4. The molecule has 0 spiro atoms. The van der Waals surface area contributed by atoms with Crippen LogP contribution in [0, 0.1) is 17.0 Å². The maximum atomic E-state index is 11.9. The van der Waals surface area contributed by atoms with Crippen LogP contribution in [-0.4, -0.2) is 20.6 Å². The quantitative estimate of drug-likeness (QED) is 0.692. The molecule has 1 aromatic carbocycles. The van der Waals surface area contributed by atoms with Crippen molar-refractivity contribution < 1.29 is 9.72 Å². The van der Waals surface area contributed by atoms with Gasteiger partial charge in [-0.2, -0.15) is 5.10 Å². The number of hydrogen-bond donors (Lipinski definition) is 1. The molecule has 0 saturated heterocycles. The molecular weight excluding hydrogens is 284 g/mol. The van der Waals surface area contributed by atoms with E-state index in [4.69, 9.17) is 11.6 Å². The number of halogens is 1. The van der Waals surface area contributed by atoms with Gasteiger partial charge in [0.05, 0.1) is 15.6 Å². The van der Waals surface area contributed by atoms with Gasteiger partial charge in [0.25, 0.3) is 5.69 Å². The van der Waals surface area contributed by atoms with E-state index in [1.165, 1.54) is 22.9 Å². The summed E-state index contributed by atoms with van der Waals surface area (Å²) < 4.78 is 1.51. The van der Waals surface area contributed by atoms with Gasteiger partial charge in [-0.25, -0.2) is 0 Å². The van der Waals surface area contributed by atoms with Gasteiger partial charge in [0, 0.05) is 24.0 Å². The summed E-state index contributed by atoms with van der Waals surface area (Å²) in [4.78, 5) is 22.0. The number of nitrogens with zero attached hydrogens (tertiary/aromatic N) is 3. The van der Waals surface area contributed by atoms with Crippen molar-refractivity contribution in [3.05, 3.63) is 51.3 Å². The fourth-order valence-electron chi connectivity index (χ4n) is 1.61. The van der Waals surface area contributed by atoms with Gasteiger partial charge in [-0.05, 0) is 19.1 Å². The molecule has 20 heavy (non-hydrogen) atoms. The Morgan fingerprint density at radius 2 is 2.25 bits per heavy atom. The monoisotopic (exact) mass is 294 g/mol. The minimum Gasteiger partial charge on any atom is -0.323 e. The second-order valence-electron chi connectivity index (χ2n) is 4.10. The molecule has 2 rings (SSSR count). The van der Waals surface area contributed by atoms with E-state index in [9.17, 15) is 14.9 Å². The summed E-state index contributed by atoms with van der Waals surface area (Å²) in [5.41, 5.74) is 0.904. The predicted octanol–water partition coefficient (Wildman–Crippen LogP) is 2.39. The summed E-state index contributed by atoms with van der Waals surface area (Å²) in [6.45, 7) is 1.83. The van der Waals surface area contributed by atoms with Gasteiger partial charge < -0.3 is 5.32 Å². The van der Waals surface area contributed by atoms with Crippen LogP contribution >= 0.6 is 11.6 Å². The van der Waals surface area contributed by atoms with Gasteiger partial charge in [0.15, 0.2) is 0 Å². The van der Waals surface area contributed by atoms with E-state index in [0.29, 0.717) is 0 Å². The zero-order chi connectivity index (χ0) is 14.7. The summed E-state index contributed by atoms with van der Waals surface area (Å²) in [6, 6.07) is 5.63. The normalized spacial score (nSPS) is 10.3. The Balaban J connectivity index is 2.13. The Labute approximate surface area is 119 Å². The standard InChI is InChI=1S/C12H11ClN4O3/c1-8-4-5-14-16(8)7-12(18)15-11-6-9(17(19)20)2-3-10(11)13/h2-6H,7H2,1H3,(H,15,18). The Morgan fingerprint density at radius 1 is 1.50 bits per heavy atom. The first-order chi connectivity index (χ1) is 9.47. The van der Waals surface area contributed by atoms with E-state index in [2.05, 4.69) is 10.4 Å². The number of aryl methyl sites for hydroxylation is 1. The lowest BCUT2D eigenvalue weighted by Crippen LogP contribution is -2.20. The second kappa shape index (κ2) is 5.70. The number of carbonyl (C=O) groups excluding carboxylic acids is 1. The minimum atomic E-state index is -0.552. The second-order valence-corrected chi connectivity index (χ2v) is 4.51. The number of amides is 1. The first-order valence-corrected chi connectivity index (χ1v) is 6.07. The van der Waals surface area contributed by atoms with Gasteiger partial charge in [-0.3, -0.25) is 19.6 Å². The number of nitro groups is 1. The van der Waals surface area contributed by atoms with Gasteiger partial charge in [0.1, 0.15) is 6.54 Å². The highest BCUT2D eigenvalue weighted by Crippen LogP contribution is 2.26. The molecule has 0 unspecified atom stereocenters. The molecule has 0 saturated carbocycles. The number of rotatable bonds is 4. The number of non-ortho nitro benzene ring substituents is 1. The lowest BCUT2D eigenvalue weighted by atomic mass is 10.2. The summed E-state index contributed by atoms with van der Waals surface area (Å²) in [7, 11) is 0. The van der Waals surface area contributed by atoms with Crippen molar-refractivity contribution in [3.8, 4) is 0 Å². The number of benzene rings is 1. The van der Waals surface area contributed by atoms with Crippen molar-refractivity contribution in [1.82, 2.24) is 9.78 Å². The van der Waals surface area contributed by atoms with Crippen LogP contribution in [0.4, 0.5) is 11.4 Å². The lowest BCUT2D eigenvalue weighted by molar-refractivity contribution is -0.384. The van der Waals surface area contributed by atoms with E-state index >= 15 is 0 Å². The van der Waals surface area contributed by atoms with Gasteiger partial charge in [-0.15, -0.1) is 0 Å². The molecule has 1 heterocycles. The molecule has 8 heteroatoms. The molecule has 0 atom stereocenters. The van der Waals surface area contributed by atoms with Crippen molar-refractivity contribution in [2.24, 2.45) is 0 Å². The average molecular weight is 295 g/mol. The number of nitrogens with one attached hydrogen (secondary N) is 1. The van der Waals surface area contributed by atoms with Crippen LogP contribution in [-0.2, 0) is 11.3 Å². The van der Waals surface area contributed by atoms with Crippen molar-refractivity contribution >= 4 is 28.9 Å². The zero-order valence-corrected chi connectivity index (χ0v) is 11.3. The number of nitro benzene ring substituents is 1. The van der Waals surface area contributed by atoms with Crippen molar-refractivity contribution in [2.45, 2.75) is 13.5 Å². The fraction of sp³-hybridized carbons (Fsp3) is 0.167. The topological polar surface area (TPSA) is 90.1 Å². The molecule has 104 valence electrons. The Bertz CT molecular complexity index is 668. The number of hydrogen-bond acceptors (Lipinski definition) is 4. The van der Waals surface area contributed by atoms with E-state index in [1.54, 1.807) is 12.3 Å². The van der Waals surface area contributed by atoms with E-state index in [1.807, 2.05) is 6.92 Å². The van der Waals surface area contributed by atoms with Crippen LogP contribution in [0.2, 0.25) is 5.02 Å². The molecule has 0 bridgehead atoms. The van der Waals surface area contributed by atoms with Crippen LogP contribution < -0.4 is 5.32 Å². The highest BCUT2D eigenvalue weighted by Gasteiger charge is 2.13. The first-order valence-electron chi connectivity index (χ1n) is 5.69. The van der Waals surface area contributed by atoms with Crippen LogP contribution in [0.15, 0.2) is 30.5 Å². The van der Waals surface area contributed by atoms with Gasteiger partial charge in [0.2, 0.25) is 5.91 Å². The van der Waals surface area contributed by atoms with Gasteiger partial charge in [-0.1, -0.05) is 11.6 Å². The predicted molar refractivity (Wildman–Crippen MR) is 73.7 cm³/mol. The summed E-state index contributed by atoms with van der Waals surface area (Å²) >= 11 is 5.90. The molecule has 0 aliphatic rings. The van der Waals surface area contributed by atoms with E-state index < -0.39 is 4.92 Å².